The van der Waals surface area contributed by atoms with Gasteiger partial charge in [0.15, 0.2) is 5.78 Å². The first-order chi connectivity index (χ1) is 11.0. The molecular weight excluding hydrogens is 296 g/mol. The summed E-state index contributed by atoms with van der Waals surface area (Å²) in [4.78, 5) is 33.1. The maximum absolute atomic E-state index is 12.0. The number of carbonyl (C=O) groups is 2. The zero-order chi connectivity index (χ0) is 16.8. The average molecular weight is 310 g/mol. The molecule has 0 radical (unpaired) electrons. The van der Waals surface area contributed by atoms with Crippen molar-refractivity contribution in [3.63, 3.8) is 0 Å². The van der Waals surface area contributed by atoms with Gasteiger partial charge in [0.05, 0.1) is 4.92 Å². The highest BCUT2D eigenvalue weighted by atomic mass is 16.6. The Balaban J connectivity index is 2.05. The van der Waals surface area contributed by atoms with Crippen molar-refractivity contribution in [3.8, 4) is 0 Å². The molecule has 1 N–H and O–H groups in total. The number of ketones is 1. The van der Waals surface area contributed by atoms with Gasteiger partial charge in [-0.3, -0.25) is 19.7 Å². The van der Waals surface area contributed by atoms with Gasteiger partial charge in [-0.1, -0.05) is 6.08 Å². The van der Waals surface area contributed by atoms with Crippen molar-refractivity contribution in [3.05, 3.63) is 75.8 Å². The van der Waals surface area contributed by atoms with Crippen LogP contribution in [0.4, 0.5) is 11.4 Å². The number of nitro benzene ring substituents is 1. The van der Waals surface area contributed by atoms with Crippen molar-refractivity contribution in [1.29, 1.82) is 0 Å². The van der Waals surface area contributed by atoms with Gasteiger partial charge in [-0.25, -0.2) is 0 Å². The summed E-state index contributed by atoms with van der Waals surface area (Å²) in [7, 11) is 0. The van der Waals surface area contributed by atoms with Crippen LogP contribution in [0.15, 0.2) is 54.6 Å². The standard InChI is InChI=1S/C17H14N2O4/c1-12(20)18-15-7-5-14(6-8-15)17(21)11-4-13-2-9-16(10-3-13)19(22)23/h2-11H,1H3,(H,18,20)/b11-4+. The predicted molar refractivity (Wildman–Crippen MR) is 87.2 cm³/mol. The zero-order valence-corrected chi connectivity index (χ0v) is 12.4. The van der Waals surface area contributed by atoms with Crippen LogP contribution in [0.5, 0.6) is 0 Å². The number of hydrogen-bond acceptors (Lipinski definition) is 4. The molecule has 0 aromatic heterocycles. The van der Waals surface area contributed by atoms with Crippen LogP contribution >= 0.6 is 0 Å². The third-order valence-electron chi connectivity index (χ3n) is 3.02. The van der Waals surface area contributed by atoms with E-state index in [0.29, 0.717) is 16.8 Å². The Morgan fingerprint density at radius 1 is 1.04 bits per heavy atom. The third-order valence-corrected chi connectivity index (χ3v) is 3.02. The monoisotopic (exact) mass is 310 g/mol. The molecule has 116 valence electrons. The lowest BCUT2D eigenvalue weighted by atomic mass is 10.1. The molecule has 0 saturated heterocycles. The molecule has 0 heterocycles. The van der Waals surface area contributed by atoms with Gasteiger partial charge in [-0.05, 0) is 48.0 Å². The summed E-state index contributed by atoms with van der Waals surface area (Å²) in [5.74, 6) is -0.375. The van der Waals surface area contributed by atoms with Crippen molar-refractivity contribution in [2.75, 3.05) is 5.32 Å². The summed E-state index contributed by atoms with van der Waals surface area (Å²) in [5, 5.41) is 13.2. The van der Waals surface area contributed by atoms with E-state index >= 15 is 0 Å². The van der Waals surface area contributed by atoms with E-state index in [-0.39, 0.29) is 17.4 Å². The third kappa shape index (κ3) is 4.60. The number of nitro groups is 1. The van der Waals surface area contributed by atoms with E-state index in [1.165, 1.54) is 25.1 Å². The van der Waals surface area contributed by atoms with Crippen molar-refractivity contribution in [2.45, 2.75) is 6.92 Å². The van der Waals surface area contributed by atoms with Crippen LogP contribution in [-0.4, -0.2) is 16.6 Å². The average Bonchev–Trinajstić information content (AvgIpc) is 2.53. The lowest BCUT2D eigenvalue weighted by Crippen LogP contribution is -2.05. The van der Waals surface area contributed by atoms with E-state index in [0.717, 1.165) is 0 Å². The van der Waals surface area contributed by atoms with Gasteiger partial charge in [0.2, 0.25) is 5.91 Å². The van der Waals surface area contributed by atoms with Crippen LogP contribution in [0.2, 0.25) is 0 Å². The molecule has 0 aliphatic carbocycles. The number of nitrogens with one attached hydrogen (secondary N) is 1. The zero-order valence-electron chi connectivity index (χ0n) is 12.4. The van der Waals surface area contributed by atoms with Gasteiger partial charge in [0.1, 0.15) is 0 Å². The largest absolute Gasteiger partial charge is 0.326 e. The van der Waals surface area contributed by atoms with Gasteiger partial charge < -0.3 is 5.32 Å². The molecule has 0 spiro atoms. The molecule has 6 nitrogen and oxygen atoms in total. The minimum absolute atomic E-state index is 0.00189. The highest BCUT2D eigenvalue weighted by Gasteiger charge is 2.04. The highest BCUT2D eigenvalue weighted by molar-refractivity contribution is 6.07. The highest BCUT2D eigenvalue weighted by Crippen LogP contribution is 2.14. The maximum atomic E-state index is 12.0. The molecule has 2 rings (SSSR count). The molecule has 0 fully saturated rings. The fourth-order valence-corrected chi connectivity index (χ4v) is 1.90. The number of hydrogen-bond donors (Lipinski definition) is 1. The topological polar surface area (TPSA) is 89.3 Å². The van der Waals surface area contributed by atoms with E-state index in [1.807, 2.05) is 0 Å². The number of allylic oxidation sites excluding steroid dienone is 1. The number of carbonyl (C=O) groups excluding carboxylic acids is 2. The van der Waals surface area contributed by atoms with Crippen LogP contribution in [0.1, 0.15) is 22.8 Å². The summed E-state index contributed by atoms with van der Waals surface area (Å²) in [6.07, 6.45) is 2.99. The van der Waals surface area contributed by atoms with Crippen LogP contribution in [0.25, 0.3) is 6.08 Å². The summed E-state index contributed by atoms with van der Waals surface area (Å²) >= 11 is 0. The lowest BCUT2D eigenvalue weighted by molar-refractivity contribution is -0.384. The molecule has 1 amide bonds. The Morgan fingerprint density at radius 3 is 2.17 bits per heavy atom. The lowest BCUT2D eigenvalue weighted by Gasteiger charge is -2.02. The Hall–Kier alpha value is -3.28. The van der Waals surface area contributed by atoms with Crippen molar-refractivity contribution < 1.29 is 14.5 Å². The van der Waals surface area contributed by atoms with Crippen LogP contribution in [-0.2, 0) is 4.79 Å². The van der Waals surface area contributed by atoms with Gasteiger partial charge in [-0.2, -0.15) is 0 Å². The van der Waals surface area contributed by atoms with E-state index in [9.17, 15) is 19.7 Å². The molecule has 23 heavy (non-hydrogen) atoms. The minimum Gasteiger partial charge on any atom is -0.326 e. The fraction of sp³-hybridized carbons (Fsp3) is 0.0588. The van der Waals surface area contributed by atoms with Gasteiger partial charge in [0, 0.05) is 30.3 Å². The maximum Gasteiger partial charge on any atom is 0.269 e. The molecule has 0 bridgehead atoms. The number of amides is 1. The van der Waals surface area contributed by atoms with E-state index < -0.39 is 4.92 Å². The summed E-state index contributed by atoms with van der Waals surface area (Å²) in [6, 6.07) is 12.4. The Bertz CT molecular complexity index is 762. The Labute approximate surface area is 132 Å². The minimum atomic E-state index is -0.477. The second-order valence-electron chi connectivity index (χ2n) is 4.80. The predicted octanol–water partition coefficient (Wildman–Crippen LogP) is 3.45. The molecule has 0 unspecified atom stereocenters. The molecule has 0 aliphatic heterocycles. The smallest absolute Gasteiger partial charge is 0.269 e. The molecule has 0 atom stereocenters. The normalized spacial score (nSPS) is 10.5. The Morgan fingerprint density at radius 2 is 1.65 bits per heavy atom. The number of benzene rings is 2. The van der Waals surface area contributed by atoms with Crippen molar-refractivity contribution >= 4 is 29.1 Å². The molecule has 2 aromatic carbocycles. The summed E-state index contributed by atoms with van der Waals surface area (Å²) in [6.45, 7) is 1.41. The summed E-state index contributed by atoms with van der Waals surface area (Å²) < 4.78 is 0. The van der Waals surface area contributed by atoms with Gasteiger partial charge in [-0.15, -0.1) is 0 Å². The van der Waals surface area contributed by atoms with Gasteiger partial charge >= 0.3 is 0 Å². The number of nitrogens with zero attached hydrogens (tertiary/aromatic N) is 1. The van der Waals surface area contributed by atoms with E-state index in [1.54, 1.807) is 42.5 Å². The van der Waals surface area contributed by atoms with Crippen LogP contribution in [0.3, 0.4) is 0 Å². The first-order valence-corrected chi connectivity index (χ1v) is 6.80. The van der Waals surface area contributed by atoms with Gasteiger partial charge in [0.25, 0.3) is 5.69 Å². The number of non-ortho nitro benzene ring substituents is 1. The van der Waals surface area contributed by atoms with Crippen LogP contribution in [0, 0.1) is 10.1 Å². The molecule has 0 aliphatic rings. The second kappa shape index (κ2) is 7.13. The number of rotatable bonds is 5. The summed E-state index contributed by atoms with van der Waals surface area (Å²) in [5.41, 5.74) is 1.80. The van der Waals surface area contributed by atoms with Crippen molar-refractivity contribution in [2.24, 2.45) is 0 Å². The molecule has 6 heteroatoms. The second-order valence-corrected chi connectivity index (χ2v) is 4.80. The first-order valence-electron chi connectivity index (χ1n) is 6.80. The number of anilines is 1. The molecule has 0 saturated carbocycles. The van der Waals surface area contributed by atoms with Crippen LogP contribution < -0.4 is 5.32 Å². The fourth-order valence-electron chi connectivity index (χ4n) is 1.90. The van der Waals surface area contributed by atoms with E-state index in [4.69, 9.17) is 0 Å². The quantitative estimate of drug-likeness (QED) is 0.396. The SMILES string of the molecule is CC(=O)Nc1ccc(C(=O)/C=C/c2ccc([N+](=O)[O-])cc2)cc1. The molecular formula is C17H14N2O4. The van der Waals surface area contributed by atoms with E-state index in [2.05, 4.69) is 5.32 Å². The molecule has 2 aromatic rings. The Kier molecular flexibility index (Phi) is 4.99. The first kappa shape index (κ1) is 16.1. The van der Waals surface area contributed by atoms with Crippen molar-refractivity contribution in [1.82, 2.24) is 0 Å².